The fourth-order valence-corrected chi connectivity index (χ4v) is 1.90. The maximum absolute atomic E-state index is 9.06. The summed E-state index contributed by atoms with van der Waals surface area (Å²) in [4.78, 5) is 10.7. The number of nitriles is 1. The molecule has 0 spiro atoms. The van der Waals surface area contributed by atoms with Crippen molar-refractivity contribution in [3.8, 4) is 6.07 Å². The number of anilines is 4. The van der Waals surface area contributed by atoms with Gasteiger partial charge >= 0.3 is 0 Å². The molecule has 0 fully saturated rings. The van der Waals surface area contributed by atoms with Crippen molar-refractivity contribution in [3.63, 3.8) is 0 Å². The van der Waals surface area contributed by atoms with Crippen LogP contribution in [0.4, 0.5) is 23.1 Å². The van der Waals surface area contributed by atoms with Crippen LogP contribution in [0.2, 0.25) is 0 Å². The van der Waals surface area contributed by atoms with E-state index in [1.807, 2.05) is 45.1 Å². The molecule has 2 N–H and O–H groups in total. The molecule has 1 aromatic heterocycles. The molecular weight excluding hydrogens is 264 g/mol. The fraction of sp³-hybridized carbons (Fsp3) is 0.267. The highest BCUT2D eigenvalue weighted by molar-refractivity contribution is 5.67. The summed E-state index contributed by atoms with van der Waals surface area (Å²) < 4.78 is 0. The summed E-state index contributed by atoms with van der Waals surface area (Å²) in [6.07, 6.45) is 1.75. The van der Waals surface area contributed by atoms with Crippen LogP contribution in [0, 0.1) is 18.3 Å². The van der Waals surface area contributed by atoms with Gasteiger partial charge in [-0.15, -0.1) is 0 Å². The lowest BCUT2D eigenvalue weighted by molar-refractivity contribution is 1.07. The van der Waals surface area contributed by atoms with Crippen LogP contribution in [0.15, 0.2) is 24.4 Å². The van der Waals surface area contributed by atoms with Gasteiger partial charge in [0.25, 0.3) is 0 Å². The summed E-state index contributed by atoms with van der Waals surface area (Å²) in [5.74, 6) is 1.22. The Kier molecular flexibility index (Phi) is 4.24. The van der Waals surface area contributed by atoms with Gasteiger partial charge in [0.1, 0.15) is 0 Å². The second-order valence-electron chi connectivity index (χ2n) is 4.84. The van der Waals surface area contributed by atoms with Crippen LogP contribution >= 0.6 is 0 Å². The molecular formula is C15H18N6. The standard InChI is InChI=1S/C15H18N6/c1-10-5-6-12(7-11(10)8-16)19-15-18-9-13(21(3)4)14(17-2)20-15/h5-7,9H,1-4H3,(H2,17,18,19,20). The van der Waals surface area contributed by atoms with Crippen molar-refractivity contribution < 1.29 is 0 Å². The third kappa shape index (κ3) is 3.20. The Morgan fingerprint density at radius 1 is 1.29 bits per heavy atom. The number of hydrogen-bond donors (Lipinski definition) is 2. The van der Waals surface area contributed by atoms with E-state index in [1.165, 1.54) is 0 Å². The van der Waals surface area contributed by atoms with Crippen LogP contribution in [0.3, 0.4) is 0 Å². The highest BCUT2D eigenvalue weighted by Gasteiger charge is 2.08. The first kappa shape index (κ1) is 14.6. The van der Waals surface area contributed by atoms with Gasteiger partial charge < -0.3 is 15.5 Å². The van der Waals surface area contributed by atoms with Gasteiger partial charge in [-0.3, -0.25) is 0 Å². The van der Waals surface area contributed by atoms with Crippen molar-refractivity contribution in [2.24, 2.45) is 0 Å². The molecule has 2 rings (SSSR count). The van der Waals surface area contributed by atoms with Crippen molar-refractivity contribution in [2.75, 3.05) is 36.7 Å². The second kappa shape index (κ2) is 6.09. The molecule has 0 amide bonds. The monoisotopic (exact) mass is 282 g/mol. The van der Waals surface area contributed by atoms with Crippen LogP contribution < -0.4 is 15.5 Å². The summed E-state index contributed by atoms with van der Waals surface area (Å²) in [5.41, 5.74) is 3.28. The lowest BCUT2D eigenvalue weighted by Gasteiger charge is -2.16. The zero-order chi connectivity index (χ0) is 15.4. The Labute approximate surface area is 124 Å². The number of nitrogens with one attached hydrogen (secondary N) is 2. The van der Waals surface area contributed by atoms with Crippen LogP contribution in [-0.4, -0.2) is 31.1 Å². The highest BCUT2D eigenvalue weighted by atomic mass is 15.2. The zero-order valence-corrected chi connectivity index (χ0v) is 12.6. The molecule has 0 atom stereocenters. The normalized spacial score (nSPS) is 9.86. The minimum atomic E-state index is 0.484. The number of benzene rings is 1. The van der Waals surface area contributed by atoms with Crippen molar-refractivity contribution >= 4 is 23.1 Å². The van der Waals surface area contributed by atoms with Gasteiger partial charge in [-0.05, 0) is 24.6 Å². The van der Waals surface area contributed by atoms with Gasteiger partial charge in [0, 0.05) is 26.8 Å². The maximum atomic E-state index is 9.06. The molecule has 0 bridgehead atoms. The predicted octanol–water partition coefficient (Wildman–Crippen LogP) is 2.51. The molecule has 0 aliphatic heterocycles. The van der Waals surface area contributed by atoms with Crippen molar-refractivity contribution in [1.29, 1.82) is 5.26 Å². The van der Waals surface area contributed by atoms with Gasteiger partial charge in [0.15, 0.2) is 5.82 Å². The van der Waals surface area contributed by atoms with Crippen molar-refractivity contribution in [3.05, 3.63) is 35.5 Å². The lowest BCUT2D eigenvalue weighted by Crippen LogP contribution is -2.13. The molecule has 6 nitrogen and oxygen atoms in total. The van der Waals surface area contributed by atoms with Gasteiger partial charge in [-0.2, -0.15) is 10.2 Å². The van der Waals surface area contributed by atoms with Crippen molar-refractivity contribution in [1.82, 2.24) is 9.97 Å². The van der Waals surface area contributed by atoms with Gasteiger partial charge in [-0.25, -0.2) is 4.98 Å². The Hall–Kier alpha value is -2.81. The van der Waals surface area contributed by atoms with Crippen LogP contribution in [0.25, 0.3) is 0 Å². The largest absolute Gasteiger partial charge is 0.373 e. The average Bonchev–Trinajstić information content (AvgIpc) is 2.48. The Morgan fingerprint density at radius 3 is 2.67 bits per heavy atom. The number of hydrogen-bond acceptors (Lipinski definition) is 6. The zero-order valence-electron chi connectivity index (χ0n) is 12.6. The molecule has 1 heterocycles. The molecule has 108 valence electrons. The molecule has 0 aliphatic rings. The fourth-order valence-electron chi connectivity index (χ4n) is 1.90. The average molecular weight is 282 g/mol. The van der Waals surface area contributed by atoms with E-state index in [9.17, 15) is 0 Å². The molecule has 1 aromatic carbocycles. The summed E-state index contributed by atoms with van der Waals surface area (Å²) in [5, 5.41) is 15.2. The third-order valence-corrected chi connectivity index (χ3v) is 3.10. The Morgan fingerprint density at radius 2 is 2.05 bits per heavy atom. The smallest absolute Gasteiger partial charge is 0.229 e. The lowest BCUT2D eigenvalue weighted by atomic mass is 10.1. The number of aromatic nitrogens is 2. The Bertz CT molecular complexity index is 687. The first-order valence-electron chi connectivity index (χ1n) is 6.55. The summed E-state index contributed by atoms with van der Waals surface area (Å²) in [6.45, 7) is 1.91. The van der Waals surface area contributed by atoms with E-state index >= 15 is 0 Å². The van der Waals surface area contributed by atoms with E-state index in [4.69, 9.17) is 5.26 Å². The molecule has 0 saturated carbocycles. The summed E-state index contributed by atoms with van der Waals surface area (Å²) in [7, 11) is 5.69. The molecule has 21 heavy (non-hydrogen) atoms. The number of nitrogens with zero attached hydrogens (tertiary/aromatic N) is 4. The maximum Gasteiger partial charge on any atom is 0.229 e. The number of rotatable bonds is 4. The van der Waals surface area contributed by atoms with E-state index in [0.717, 1.165) is 22.8 Å². The van der Waals surface area contributed by atoms with Crippen LogP contribution in [0.1, 0.15) is 11.1 Å². The first-order chi connectivity index (χ1) is 10.0. The topological polar surface area (TPSA) is 76.9 Å². The number of aryl methyl sites for hydroxylation is 1. The molecule has 0 saturated heterocycles. The van der Waals surface area contributed by atoms with Crippen LogP contribution in [-0.2, 0) is 0 Å². The minimum Gasteiger partial charge on any atom is -0.373 e. The molecule has 0 unspecified atom stereocenters. The molecule has 0 aliphatic carbocycles. The van der Waals surface area contributed by atoms with E-state index in [1.54, 1.807) is 12.3 Å². The molecule has 0 radical (unpaired) electrons. The van der Waals surface area contributed by atoms with Crippen molar-refractivity contribution in [2.45, 2.75) is 6.92 Å². The first-order valence-corrected chi connectivity index (χ1v) is 6.55. The predicted molar refractivity (Wildman–Crippen MR) is 85.1 cm³/mol. The van der Waals surface area contributed by atoms with Crippen LogP contribution in [0.5, 0.6) is 0 Å². The minimum absolute atomic E-state index is 0.484. The quantitative estimate of drug-likeness (QED) is 0.897. The van der Waals surface area contributed by atoms with E-state index in [2.05, 4.69) is 26.7 Å². The van der Waals surface area contributed by atoms with E-state index in [0.29, 0.717) is 11.5 Å². The SMILES string of the molecule is CNc1nc(Nc2ccc(C)c(C#N)c2)ncc1N(C)C. The summed E-state index contributed by atoms with van der Waals surface area (Å²) >= 11 is 0. The van der Waals surface area contributed by atoms with E-state index < -0.39 is 0 Å². The molecule has 2 aromatic rings. The summed E-state index contributed by atoms with van der Waals surface area (Å²) in [6, 6.07) is 7.76. The van der Waals surface area contributed by atoms with Gasteiger partial charge in [-0.1, -0.05) is 6.07 Å². The third-order valence-electron chi connectivity index (χ3n) is 3.10. The van der Waals surface area contributed by atoms with Gasteiger partial charge in [0.05, 0.1) is 23.5 Å². The Balaban J connectivity index is 2.30. The van der Waals surface area contributed by atoms with Gasteiger partial charge in [0.2, 0.25) is 5.95 Å². The highest BCUT2D eigenvalue weighted by Crippen LogP contribution is 2.23. The second-order valence-corrected chi connectivity index (χ2v) is 4.84. The van der Waals surface area contributed by atoms with E-state index in [-0.39, 0.29) is 0 Å². The molecule has 6 heteroatoms.